The van der Waals surface area contributed by atoms with Crippen LogP contribution in [0.5, 0.6) is 5.75 Å². The molecule has 28 heavy (non-hydrogen) atoms. The number of hydrogen-bond acceptors (Lipinski definition) is 5. The minimum Gasteiger partial charge on any atom is -0.497 e. The number of non-ortho nitro benzene ring substituents is 1. The van der Waals surface area contributed by atoms with Crippen LogP contribution in [0.25, 0.3) is 0 Å². The third-order valence-corrected chi connectivity index (χ3v) is 4.96. The lowest BCUT2D eigenvalue weighted by atomic mass is 10.2. The van der Waals surface area contributed by atoms with Gasteiger partial charge in [0, 0.05) is 24.4 Å². The summed E-state index contributed by atoms with van der Waals surface area (Å²) >= 11 is 0. The van der Waals surface area contributed by atoms with Gasteiger partial charge in [-0.15, -0.1) is 0 Å². The molecule has 1 aliphatic rings. The number of benzene rings is 2. The number of nitro benzene ring substituents is 1. The quantitative estimate of drug-likeness (QED) is 0.539. The van der Waals surface area contributed by atoms with Gasteiger partial charge >= 0.3 is 0 Å². The fourth-order valence-corrected chi connectivity index (χ4v) is 3.28. The van der Waals surface area contributed by atoms with E-state index in [-0.39, 0.29) is 11.6 Å². The molecule has 2 aromatic carbocycles. The maximum Gasteiger partial charge on any atom is 0.275 e. The van der Waals surface area contributed by atoms with Crippen molar-refractivity contribution < 1.29 is 19.4 Å². The summed E-state index contributed by atoms with van der Waals surface area (Å²) in [5.74, 6) is 0.833. The summed E-state index contributed by atoms with van der Waals surface area (Å²) in [6.45, 7) is 4.30. The average Bonchev–Trinajstić information content (AvgIpc) is 2.73. The predicted molar refractivity (Wildman–Crippen MR) is 106 cm³/mol. The van der Waals surface area contributed by atoms with E-state index in [0.29, 0.717) is 13.1 Å². The summed E-state index contributed by atoms with van der Waals surface area (Å²) in [5.41, 5.74) is 2.11. The summed E-state index contributed by atoms with van der Waals surface area (Å²) in [4.78, 5) is 26.0. The van der Waals surface area contributed by atoms with E-state index < -0.39 is 4.92 Å². The van der Waals surface area contributed by atoms with Gasteiger partial charge < -0.3 is 19.9 Å². The first kappa shape index (κ1) is 19.6. The predicted octanol–water partition coefficient (Wildman–Crippen LogP) is 0.625. The number of ether oxygens (including phenoxy) is 1. The monoisotopic (exact) mass is 385 g/mol. The number of nitro groups is 1. The Kier molecular flexibility index (Phi) is 6.44. The van der Waals surface area contributed by atoms with E-state index in [1.54, 1.807) is 19.2 Å². The zero-order valence-electron chi connectivity index (χ0n) is 15.9. The lowest BCUT2D eigenvalue weighted by molar-refractivity contribution is -0.892. The Morgan fingerprint density at radius 2 is 1.79 bits per heavy atom. The molecular weight excluding hydrogens is 360 g/mol. The lowest BCUT2D eigenvalue weighted by Gasteiger charge is -2.33. The SMILES string of the molecule is COc1ccc(CNC(=O)C[NH+]2CCN(c3ccc([N+](=O)[O-])cc3)CC2)cc1. The van der Waals surface area contributed by atoms with Crippen LogP contribution < -0.4 is 19.9 Å². The Labute approximate surface area is 163 Å². The van der Waals surface area contributed by atoms with Crippen LogP contribution in [-0.2, 0) is 11.3 Å². The van der Waals surface area contributed by atoms with E-state index in [1.807, 2.05) is 24.3 Å². The summed E-state index contributed by atoms with van der Waals surface area (Å²) < 4.78 is 5.13. The Morgan fingerprint density at radius 1 is 1.14 bits per heavy atom. The Morgan fingerprint density at radius 3 is 2.36 bits per heavy atom. The number of piperazine rings is 1. The molecule has 0 bridgehead atoms. The third-order valence-electron chi connectivity index (χ3n) is 4.96. The molecule has 0 atom stereocenters. The molecule has 0 spiro atoms. The molecule has 0 aliphatic carbocycles. The van der Waals surface area contributed by atoms with Crippen LogP contribution in [0.2, 0.25) is 0 Å². The Balaban J connectivity index is 1.41. The molecule has 0 aromatic heterocycles. The van der Waals surface area contributed by atoms with Crippen LogP contribution in [0.3, 0.4) is 0 Å². The van der Waals surface area contributed by atoms with Crippen molar-refractivity contribution in [1.29, 1.82) is 0 Å². The molecule has 1 amide bonds. The topological polar surface area (TPSA) is 89.2 Å². The van der Waals surface area contributed by atoms with Crippen molar-refractivity contribution in [3.63, 3.8) is 0 Å². The number of hydrogen-bond donors (Lipinski definition) is 2. The second-order valence-corrected chi connectivity index (χ2v) is 6.81. The molecule has 0 radical (unpaired) electrons. The van der Waals surface area contributed by atoms with Gasteiger partial charge in [-0.1, -0.05) is 12.1 Å². The molecule has 0 unspecified atom stereocenters. The number of anilines is 1. The number of carbonyl (C=O) groups is 1. The zero-order valence-corrected chi connectivity index (χ0v) is 15.9. The molecular formula is C20H25N4O4+. The number of methoxy groups -OCH3 is 1. The number of quaternary nitrogens is 1. The molecule has 1 saturated heterocycles. The molecule has 2 aromatic rings. The second kappa shape index (κ2) is 9.18. The maximum absolute atomic E-state index is 12.2. The zero-order chi connectivity index (χ0) is 19.9. The van der Waals surface area contributed by atoms with Gasteiger partial charge in [-0.05, 0) is 29.8 Å². The normalized spacial score (nSPS) is 14.5. The standard InChI is InChI=1S/C20H24N4O4/c1-28-19-8-2-16(3-9-19)14-21-20(25)15-22-10-12-23(13-11-22)17-4-6-18(7-5-17)24(26)27/h2-9H,10-15H2,1H3,(H,21,25)/p+1. The highest BCUT2D eigenvalue weighted by atomic mass is 16.6. The molecule has 2 N–H and O–H groups in total. The van der Waals surface area contributed by atoms with E-state index in [1.165, 1.54) is 17.0 Å². The first-order valence-electron chi connectivity index (χ1n) is 9.28. The minimum atomic E-state index is -0.392. The highest BCUT2D eigenvalue weighted by Crippen LogP contribution is 2.19. The maximum atomic E-state index is 12.2. The van der Waals surface area contributed by atoms with Crippen LogP contribution in [0.1, 0.15) is 5.56 Å². The van der Waals surface area contributed by atoms with Gasteiger partial charge in [0.25, 0.3) is 11.6 Å². The van der Waals surface area contributed by atoms with Crippen molar-refractivity contribution in [3.05, 3.63) is 64.2 Å². The van der Waals surface area contributed by atoms with Crippen LogP contribution in [0.15, 0.2) is 48.5 Å². The molecule has 1 aliphatic heterocycles. The first-order valence-corrected chi connectivity index (χ1v) is 9.28. The fraction of sp³-hybridized carbons (Fsp3) is 0.350. The van der Waals surface area contributed by atoms with E-state index in [9.17, 15) is 14.9 Å². The molecule has 0 saturated carbocycles. The largest absolute Gasteiger partial charge is 0.497 e. The summed E-state index contributed by atoms with van der Waals surface area (Å²) in [5, 5.41) is 13.7. The minimum absolute atomic E-state index is 0.0367. The highest BCUT2D eigenvalue weighted by molar-refractivity contribution is 5.76. The Bertz CT molecular complexity index is 800. The number of amides is 1. The summed E-state index contributed by atoms with van der Waals surface area (Å²) in [7, 11) is 1.63. The van der Waals surface area contributed by atoms with E-state index in [2.05, 4.69) is 10.2 Å². The van der Waals surface area contributed by atoms with Crippen LogP contribution in [0.4, 0.5) is 11.4 Å². The number of carbonyl (C=O) groups excluding carboxylic acids is 1. The number of nitrogens with zero attached hydrogens (tertiary/aromatic N) is 2. The van der Waals surface area contributed by atoms with Gasteiger partial charge in [-0.3, -0.25) is 14.9 Å². The van der Waals surface area contributed by atoms with Gasteiger partial charge in [0.15, 0.2) is 6.54 Å². The number of rotatable bonds is 7. The molecule has 8 nitrogen and oxygen atoms in total. The average molecular weight is 385 g/mol. The molecule has 1 heterocycles. The summed E-state index contributed by atoms with van der Waals surface area (Å²) in [6.07, 6.45) is 0. The van der Waals surface area contributed by atoms with Gasteiger partial charge in [0.1, 0.15) is 5.75 Å². The van der Waals surface area contributed by atoms with E-state index >= 15 is 0 Å². The Hall–Kier alpha value is -3.13. The lowest BCUT2D eigenvalue weighted by Crippen LogP contribution is -3.15. The van der Waals surface area contributed by atoms with Gasteiger partial charge in [0.05, 0.1) is 38.2 Å². The van der Waals surface area contributed by atoms with Crippen molar-refractivity contribution >= 4 is 17.3 Å². The first-order chi connectivity index (χ1) is 13.5. The van der Waals surface area contributed by atoms with Gasteiger partial charge in [-0.25, -0.2) is 0 Å². The van der Waals surface area contributed by atoms with Crippen molar-refractivity contribution in [1.82, 2.24) is 5.32 Å². The highest BCUT2D eigenvalue weighted by Gasteiger charge is 2.22. The molecule has 3 rings (SSSR count). The van der Waals surface area contributed by atoms with Crippen molar-refractivity contribution in [2.24, 2.45) is 0 Å². The van der Waals surface area contributed by atoms with Crippen LogP contribution >= 0.6 is 0 Å². The molecule has 8 heteroatoms. The van der Waals surface area contributed by atoms with Crippen molar-refractivity contribution in [2.75, 3.05) is 44.7 Å². The fourth-order valence-electron chi connectivity index (χ4n) is 3.28. The second-order valence-electron chi connectivity index (χ2n) is 6.81. The van der Waals surface area contributed by atoms with Gasteiger partial charge in [-0.2, -0.15) is 0 Å². The van der Waals surface area contributed by atoms with Gasteiger partial charge in [0.2, 0.25) is 0 Å². The van der Waals surface area contributed by atoms with Crippen molar-refractivity contribution in [2.45, 2.75) is 6.54 Å². The van der Waals surface area contributed by atoms with E-state index in [4.69, 9.17) is 4.74 Å². The smallest absolute Gasteiger partial charge is 0.275 e. The molecule has 148 valence electrons. The van der Waals surface area contributed by atoms with Crippen LogP contribution in [-0.4, -0.2) is 50.7 Å². The van der Waals surface area contributed by atoms with Crippen LogP contribution in [0, 0.1) is 10.1 Å². The number of nitrogens with one attached hydrogen (secondary N) is 2. The third kappa shape index (κ3) is 5.20. The van der Waals surface area contributed by atoms with Crippen molar-refractivity contribution in [3.8, 4) is 5.75 Å². The summed E-state index contributed by atoms with van der Waals surface area (Å²) in [6, 6.07) is 14.3. The molecule has 1 fully saturated rings. The van der Waals surface area contributed by atoms with E-state index in [0.717, 1.165) is 43.2 Å².